The summed E-state index contributed by atoms with van der Waals surface area (Å²) in [5.41, 5.74) is 0.491. The molecule has 1 aliphatic heterocycles. The molecule has 12 heteroatoms. The van der Waals surface area contributed by atoms with Gasteiger partial charge in [0.1, 0.15) is 5.54 Å². The lowest BCUT2D eigenvalue weighted by molar-refractivity contribution is -0.591. The summed E-state index contributed by atoms with van der Waals surface area (Å²) in [6.07, 6.45) is 4.16. The molecule has 2 aliphatic rings. The second-order valence-electron chi connectivity index (χ2n) is 8.24. The van der Waals surface area contributed by atoms with Crippen molar-refractivity contribution in [1.82, 2.24) is 14.9 Å². The van der Waals surface area contributed by atoms with Gasteiger partial charge in [-0.05, 0) is 43.2 Å². The molecule has 1 saturated carbocycles. The Morgan fingerprint density at radius 2 is 1.94 bits per heavy atom. The lowest BCUT2D eigenvalue weighted by atomic mass is 9.79. The molecule has 1 spiro atoms. The maximum absolute atomic E-state index is 13.0. The number of primary sulfonamides is 1. The molecule has 3 heterocycles. The summed E-state index contributed by atoms with van der Waals surface area (Å²) < 4.78 is 25.2. The molecule has 5 N–H and O–H groups in total. The van der Waals surface area contributed by atoms with Gasteiger partial charge in [-0.3, -0.25) is 9.36 Å². The first-order chi connectivity index (χ1) is 15.2. The van der Waals surface area contributed by atoms with Crippen LogP contribution in [0.4, 0.5) is 11.6 Å². The van der Waals surface area contributed by atoms with Crippen LogP contribution in [0.5, 0.6) is 0 Å². The number of rotatable bonds is 3. The zero-order chi connectivity index (χ0) is 22.7. The van der Waals surface area contributed by atoms with Crippen molar-refractivity contribution in [3.8, 4) is 0 Å². The molecule has 1 fully saturated rings. The van der Waals surface area contributed by atoms with Crippen LogP contribution in [0.2, 0.25) is 0 Å². The summed E-state index contributed by atoms with van der Waals surface area (Å²) in [5, 5.41) is 34.2. The number of aliphatic hydroxyl groups is 1. The van der Waals surface area contributed by atoms with Crippen LogP contribution in [0.15, 0.2) is 41.4 Å². The van der Waals surface area contributed by atoms with Crippen molar-refractivity contribution in [2.75, 3.05) is 5.32 Å². The highest BCUT2D eigenvalue weighted by Crippen LogP contribution is 2.42. The molecule has 2 aromatic heterocycles. The third-order valence-electron chi connectivity index (χ3n) is 6.23. The minimum absolute atomic E-state index is 0.0480. The summed E-state index contributed by atoms with van der Waals surface area (Å²) >= 11 is 0. The lowest BCUT2D eigenvalue weighted by Crippen LogP contribution is -2.55. The normalized spacial score (nSPS) is 20.2. The molecular formula is C20H22N6O5S. The molecule has 1 aliphatic carbocycles. The number of carbonyl (C=O) groups excluding carboxylic acids is 1. The van der Waals surface area contributed by atoms with E-state index in [1.165, 1.54) is 30.5 Å². The maximum Gasteiger partial charge on any atom is 0.399 e. The summed E-state index contributed by atoms with van der Waals surface area (Å²) in [4.78, 5) is 17.4. The van der Waals surface area contributed by atoms with Gasteiger partial charge in [0, 0.05) is 0 Å². The minimum atomic E-state index is -3.83. The molecular weight excluding hydrogens is 436 g/mol. The highest BCUT2D eigenvalue weighted by atomic mass is 32.2. The van der Waals surface area contributed by atoms with Crippen molar-refractivity contribution < 1.29 is 23.0 Å². The van der Waals surface area contributed by atoms with Gasteiger partial charge in [0.2, 0.25) is 21.6 Å². The maximum atomic E-state index is 13.0. The molecule has 168 valence electrons. The van der Waals surface area contributed by atoms with E-state index in [4.69, 9.17) is 5.14 Å². The predicted molar refractivity (Wildman–Crippen MR) is 114 cm³/mol. The number of nitrogens with zero attached hydrogens (tertiary/aromatic N) is 3. The van der Waals surface area contributed by atoms with Gasteiger partial charge in [-0.2, -0.15) is 0 Å². The van der Waals surface area contributed by atoms with E-state index in [0.717, 1.165) is 19.3 Å². The van der Waals surface area contributed by atoms with Crippen LogP contribution >= 0.6 is 0 Å². The Hall–Kier alpha value is -3.22. The Morgan fingerprint density at radius 3 is 2.59 bits per heavy atom. The summed E-state index contributed by atoms with van der Waals surface area (Å²) in [6.45, 7) is 0. The van der Waals surface area contributed by atoms with Crippen LogP contribution in [0.25, 0.3) is 11.0 Å². The van der Waals surface area contributed by atoms with E-state index in [2.05, 4.69) is 15.6 Å². The van der Waals surface area contributed by atoms with Crippen molar-refractivity contribution in [2.45, 2.75) is 48.8 Å². The quantitative estimate of drug-likeness (QED) is 0.333. The van der Waals surface area contributed by atoms with E-state index in [1.54, 1.807) is 10.6 Å². The summed E-state index contributed by atoms with van der Waals surface area (Å²) in [7, 11) is -3.83. The monoisotopic (exact) mass is 458 g/mol. The third-order valence-corrected chi connectivity index (χ3v) is 7.16. The molecule has 5 rings (SSSR count). The average Bonchev–Trinajstić information content (AvgIpc) is 3.12. The summed E-state index contributed by atoms with van der Waals surface area (Å²) in [6, 6.07) is 7.25. The second kappa shape index (κ2) is 7.15. The topological polar surface area (TPSA) is 166 Å². The van der Waals surface area contributed by atoms with E-state index in [1.807, 2.05) is 0 Å². The fourth-order valence-electron chi connectivity index (χ4n) is 4.70. The molecule has 11 nitrogen and oxygen atoms in total. The third kappa shape index (κ3) is 3.18. The zero-order valence-electron chi connectivity index (χ0n) is 17.0. The van der Waals surface area contributed by atoms with Gasteiger partial charge in [-0.1, -0.05) is 24.2 Å². The number of hydrogen-bond donors (Lipinski definition) is 4. The number of aliphatic hydroxyl groups excluding tert-OH is 1. The molecule has 0 radical (unpaired) electrons. The van der Waals surface area contributed by atoms with E-state index in [0.29, 0.717) is 40.0 Å². The largest absolute Gasteiger partial charge is 0.740 e. The fourth-order valence-corrected chi connectivity index (χ4v) is 5.21. The van der Waals surface area contributed by atoms with Gasteiger partial charge >= 0.3 is 5.95 Å². The Morgan fingerprint density at radius 1 is 1.25 bits per heavy atom. The molecule has 1 aromatic carbocycles. The van der Waals surface area contributed by atoms with E-state index in [-0.39, 0.29) is 16.8 Å². The number of amides is 1. The molecule has 1 amide bonds. The molecule has 1 unspecified atom stereocenters. The molecule has 1 atom stereocenters. The molecule has 3 aromatic rings. The number of hydrogen-bond acceptors (Lipinski definition) is 7. The van der Waals surface area contributed by atoms with Crippen molar-refractivity contribution in [2.24, 2.45) is 5.14 Å². The number of nitrogens with two attached hydrogens (primary N) is 1. The Bertz CT molecular complexity index is 1330. The first-order valence-electron chi connectivity index (χ1n) is 10.2. The molecule has 0 bridgehead atoms. The van der Waals surface area contributed by atoms with Crippen molar-refractivity contribution in [3.63, 3.8) is 0 Å². The number of fused-ring (bicyclic) bond motifs is 4. The van der Waals surface area contributed by atoms with Crippen LogP contribution in [0.3, 0.4) is 0 Å². The number of nitrogens with one attached hydrogen (secondary N) is 2. The fraction of sp³-hybridized carbons (Fsp3) is 0.350. The SMILES string of the molecule is NS(=O)(=O)c1ccc(Nc2nc3c(cc4n3C3(CCCCC3)C(=O)NC4O)c[n+]2[O-])cc1. The Kier molecular flexibility index (Phi) is 4.62. The minimum Gasteiger partial charge on any atom is -0.740 e. The molecule has 32 heavy (non-hydrogen) atoms. The standard InChI is InChI=1S/C20H22N6O5S/c21-32(30,31)14-6-4-13(5-7-14)22-19-23-16-12(11-25(19)29)10-15-17(27)24-18(28)20(26(15)16)8-2-1-3-9-20/h4-7,10-11,17,27H,1-3,8-9H2,(H,22,23)(H,24,28)(H2,21,30,31). The number of sulfonamides is 1. The Labute approximate surface area is 183 Å². The average molecular weight is 459 g/mol. The van der Waals surface area contributed by atoms with Crippen LogP contribution < -0.4 is 20.5 Å². The number of carbonyl (C=O) groups is 1. The van der Waals surface area contributed by atoms with E-state index >= 15 is 0 Å². The summed E-state index contributed by atoms with van der Waals surface area (Å²) in [5.74, 6) is -0.295. The Balaban J connectivity index is 1.61. The van der Waals surface area contributed by atoms with Crippen molar-refractivity contribution in [3.05, 3.63) is 47.4 Å². The number of anilines is 2. The van der Waals surface area contributed by atoms with Crippen LogP contribution in [-0.4, -0.2) is 29.0 Å². The second-order valence-corrected chi connectivity index (χ2v) is 9.80. The van der Waals surface area contributed by atoms with Crippen molar-refractivity contribution >= 4 is 38.6 Å². The highest BCUT2D eigenvalue weighted by Gasteiger charge is 2.48. The smallest absolute Gasteiger partial charge is 0.399 e. The molecule has 0 saturated heterocycles. The number of benzene rings is 1. The highest BCUT2D eigenvalue weighted by molar-refractivity contribution is 7.89. The number of aromatic nitrogens is 3. The van der Waals surface area contributed by atoms with E-state index in [9.17, 15) is 23.5 Å². The first kappa shape index (κ1) is 20.7. The van der Waals surface area contributed by atoms with Gasteiger partial charge in [0.15, 0.2) is 6.23 Å². The zero-order valence-corrected chi connectivity index (χ0v) is 17.8. The van der Waals surface area contributed by atoms with Crippen LogP contribution in [0.1, 0.15) is 44.0 Å². The first-order valence-corrected chi connectivity index (χ1v) is 11.8. The van der Waals surface area contributed by atoms with Gasteiger partial charge in [-0.25, -0.2) is 23.6 Å². The van der Waals surface area contributed by atoms with Gasteiger partial charge < -0.3 is 15.6 Å². The van der Waals surface area contributed by atoms with Gasteiger partial charge in [0.05, 0.1) is 27.9 Å². The van der Waals surface area contributed by atoms with Crippen molar-refractivity contribution in [1.29, 1.82) is 0 Å². The van der Waals surface area contributed by atoms with Gasteiger partial charge in [0.25, 0.3) is 0 Å². The van der Waals surface area contributed by atoms with Gasteiger partial charge in [-0.15, -0.1) is 0 Å². The lowest BCUT2D eigenvalue weighted by Gasteiger charge is -2.42. The van der Waals surface area contributed by atoms with E-state index < -0.39 is 21.8 Å². The van der Waals surface area contributed by atoms with Crippen LogP contribution in [0, 0.1) is 5.21 Å². The predicted octanol–water partition coefficient (Wildman–Crippen LogP) is 0.841. The van der Waals surface area contributed by atoms with Crippen LogP contribution in [-0.2, 0) is 20.4 Å².